The molecule has 2 aromatic carbocycles. The summed E-state index contributed by atoms with van der Waals surface area (Å²) < 4.78 is 9.97. The third-order valence-electron chi connectivity index (χ3n) is 3.07. The first kappa shape index (κ1) is 19.2. The van der Waals surface area contributed by atoms with Gasteiger partial charge in [0.05, 0.1) is 22.3 Å². The number of ether oxygens (including phenoxy) is 1. The Hall–Kier alpha value is -0.570. The summed E-state index contributed by atoms with van der Waals surface area (Å²) in [7, 11) is 0. The van der Waals surface area contributed by atoms with Gasteiger partial charge in [0.1, 0.15) is 5.75 Å². The lowest BCUT2D eigenvalue weighted by Crippen LogP contribution is -2.00. The average molecular weight is 494 g/mol. The minimum atomic E-state index is 0.478. The predicted molar refractivity (Wildman–Crippen MR) is 113 cm³/mol. The molecule has 0 spiro atoms. The van der Waals surface area contributed by atoms with Crippen LogP contribution in [0.25, 0.3) is 5.69 Å². The van der Waals surface area contributed by atoms with E-state index >= 15 is 0 Å². The Bertz CT molecular complexity index is 928. The summed E-state index contributed by atoms with van der Waals surface area (Å²) in [5.41, 5.74) is 0.800. The molecule has 0 N–H and O–H groups in total. The highest BCUT2D eigenvalue weighted by molar-refractivity contribution is 9.10. The van der Waals surface area contributed by atoms with Gasteiger partial charge in [-0.1, -0.05) is 62.2 Å². The number of hydrogen-bond acceptors (Lipinski definition) is 5. The molecular weight excluding hydrogens is 483 g/mol. The van der Waals surface area contributed by atoms with Crippen molar-refractivity contribution in [1.82, 2.24) is 9.78 Å². The molecule has 0 saturated carbocycles. The number of halogens is 3. The lowest BCUT2D eigenvalue weighted by molar-refractivity contribution is 0.344. The van der Waals surface area contributed by atoms with Crippen molar-refractivity contribution < 1.29 is 4.74 Å². The van der Waals surface area contributed by atoms with Crippen molar-refractivity contribution >= 4 is 74.4 Å². The smallest absolute Gasteiger partial charge is 0.184 e. The zero-order valence-corrected chi connectivity index (χ0v) is 18.2. The number of rotatable bonds is 6. The third kappa shape index (κ3) is 5.21. The summed E-state index contributed by atoms with van der Waals surface area (Å²) in [4.78, 5) is 0. The van der Waals surface area contributed by atoms with Gasteiger partial charge < -0.3 is 4.74 Å². The van der Waals surface area contributed by atoms with Gasteiger partial charge in [-0.25, -0.2) is 4.68 Å². The van der Waals surface area contributed by atoms with E-state index in [1.54, 1.807) is 28.6 Å². The van der Waals surface area contributed by atoms with Crippen LogP contribution in [0.3, 0.4) is 0 Å². The second-order valence-corrected chi connectivity index (χ2v) is 9.49. The van der Waals surface area contributed by atoms with Crippen molar-refractivity contribution in [1.29, 1.82) is 0 Å². The van der Waals surface area contributed by atoms with Crippen molar-refractivity contribution in [3.8, 4) is 11.4 Å². The van der Waals surface area contributed by atoms with Gasteiger partial charge in [-0.05, 0) is 54.7 Å². The molecule has 0 amide bonds. The molecule has 9 heteroatoms. The van der Waals surface area contributed by atoms with E-state index in [4.69, 9.17) is 40.2 Å². The lowest BCUT2D eigenvalue weighted by atomic mass is 10.3. The van der Waals surface area contributed by atoms with E-state index in [9.17, 15) is 0 Å². The third-order valence-corrected chi connectivity index (χ3v) is 6.67. The maximum atomic E-state index is 6.06. The molecule has 1 aromatic heterocycles. The normalized spacial score (nSPS) is 10.8. The Morgan fingerprint density at radius 3 is 2.64 bits per heavy atom. The Morgan fingerprint density at radius 2 is 1.92 bits per heavy atom. The molecule has 0 fully saturated rings. The second-order valence-electron chi connectivity index (χ2n) is 4.79. The molecule has 0 radical (unpaired) electrons. The molecule has 0 saturated heterocycles. The Labute approximate surface area is 177 Å². The maximum absolute atomic E-state index is 6.06. The SMILES string of the molecule is S=c1sc(SCCOc2ccc(Br)cc2)nn1-c1ccc(Cl)c(Cl)c1. The predicted octanol–water partition coefficient (Wildman–Crippen LogP) is 6.90. The number of nitrogens with zero attached hydrogens (tertiary/aromatic N) is 2. The maximum Gasteiger partial charge on any atom is 0.184 e. The van der Waals surface area contributed by atoms with Crippen LogP contribution in [0, 0.1) is 3.95 Å². The van der Waals surface area contributed by atoms with E-state index < -0.39 is 0 Å². The van der Waals surface area contributed by atoms with Crippen LogP contribution in [0.4, 0.5) is 0 Å². The fourth-order valence-electron chi connectivity index (χ4n) is 1.92. The van der Waals surface area contributed by atoms with E-state index in [1.807, 2.05) is 30.3 Å². The molecule has 0 bridgehead atoms. The molecule has 0 unspecified atom stereocenters. The number of aromatic nitrogens is 2. The summed E-state index contributed by atoms with van der Waals surface area (Å²) in [6.07, 6.45) is 0. The van der Waals surface area contributed by atoms with Crippen LogP contribution in [0.5, 0.6) is 5.75 Å². The van der Waals surface area contributed by atoms with E-state index in [1.165, 1.54) is 11.3 Å². The highest BCUT2D eigenvalue weighted by atomic mass is 79.9. The van der Waals surface area contributed by atoms with Gasteiger partial charge in [0.15, 0.2) is 8.29 Å². The Kier molecular flexibility index (Phi) is 6.82. The minimum Gasteiger partial charge on any atom is -0.493 e. The van der Waals surface area contributed by atoms with Gasteiger partial charge in [0, 0.05) is 10.2 Å². The van der Waals surface area contributed by atoms with E-state index in [0.717, 1.165) is 26.0 Å². The van der Waals surface area contributed by atoms with Crippen LogP contribution >= 0.6 is 74.4 Å². The highest BCUT2D eigenvalue weighted by Crippen LogP contribution is 2.28. The van der Waals surface area contributed by atoms with E-state index in [-0.39, 0.29) is 0 Å². The van der Waals surface area contributed by atoms with Crippen molar-refractivity contribution in [2.75, 3.05) is 12.4 Å². The summed E-state index contributed by atoms with van der Waals surface area (Å²) in [5, 5.41) is 5.52. The first-order chi connectivity index (χ1) is 12.0. The fraction of sp³-hybridized carbons (Fsp3) is 0.125. The van der Waals surface area contributed by atoms with Gasteiger partial charge in [0.2, 0.25) is 0 Å². The number of hydrogen-bond donors (Lipinski definition) is 0. The van der Waals surface area contributed by atoms with Gasteiger partial charge in [-0.3, -0.25) is 0 Å². The second kappa shape index (κ2) is 8.88. The summed E-state index contributed by atoms with van der Waals surface area (Å²) in [6.45, 7) is 0.589. The van der Waals surface area contributed by atoms with Crippen LogP contribution in [0.1, 0.15) is 0 Å². The van der Waals surface area contributed by atoms with Gasteiger partial charge in [0.25, 0.3) is 0 Å². The largest absolute Gasteiger partial charge is 0.493 e. The quantitative estimate of drug-likeness (QED) is 0.212. The standard InChI is InChI=1S/C16H11BrCl2N2OS3/c17-10-1-4-12(5-2-10)22-7-8-24-15-20-21(16(23)25-15)11-3-6-13(18)14(19)9-11/h1-6,9H,7-8H2. The van der Waals surface area contributed by atoms with Crippen molar-refractivity contribution in [3.05, 3.63) is 60.9 Å². The van der Waals surface area contributed by atoms with Gasteiger partial charge in [-0.15, -0.1) is 5.10 Å². The highest BCUT2D eigenvalue weighted by Gasteiger charge is 2.08. The van der Waals surface area contributed by atoms with Crippen molar-refractivity contribution in [2.45, 2.75) is 4.34 Å². The van der Waals surface area contributed by atoms with Gasteiger partial charge in [-0.2, -0.15) is 0 Å². The van der Waals surface area contributed by atoms with E-state index in [2.05, 4.69) is 21.0 Å². The van der Waals surface area contributed by atoms with Crippen LogP contribution in [-0.4, -0.2) is 22.1 Å². The molecule has 25 heavy (non-hydrogen) atoms. The minimum absolute atomic E-state index is 0.478. The molecule has 3 nitrogen and oxygen atoms in total. The summed E-state index contributed by atoms with van der Waals surface area (Å²) in [6, 6.07) is 13.1. The molecular formula is C16H11BrCl2N2OS3. The topological polar surface area (TPSA) is 27.1 Å². The van der Waals surface area contributed by atoms with Crippen LogP contribution < -0.4 is 4.74 Å². The molecule has 0 aliphatic rings. The molecule has 1 heterocycles. The van der Waals surface area contributed by atoms with Crippen molar-refractivity contribution in [3.63, 3.8) is 0 Å². The Balaban J connectivity index is 1.59. The van der Waals surface area contributed by atoms with Gasteiger partial charge >= 0.3 is 0 Å². The molecule has 0 atom stereocenters. The lowest BCUT2D eigenvalue weighted by Gasteiger charge is -2.05. The Morgan fingerprint density at radius 1 is 1.16 bits per heavy atom. The molecule has 3 rings (SSSR count). The van der Waals surface area contributed by atoms with Crippen LogP contribution in [0.15, 0.2) is 51.3 Å². The van der Waals surface area contributed by atoms with Crippen molar-refractivity contribution in [2.24, 2.45) is 0 Å². The molecule has 130 valence electrons. The number of benzene rings is 2. The first-order valence-corrected chi connectivity index (χ1v) is 10.9. The van der Waals surface area contributed by atoms with E-state index in [0.29, 0.717) is 20.6 Å². The van der Waals surface area contributed by atoms with Crippen LogP contribution in [0.2, 0.25) is 10.0 Å². The summed E-state index contributed by atoms with van der Waals surface area (Å²) in [5.74, 6) is 1.62. The fourth-order valence-corrected chi connectivity index (χ4v) is 4.72. The average Bonchev–Trinajstić information content (AvgIpc) is 2.96. The summed E-state index contributed by atoms with van der Waals surface area (Å²) >= 11 is 23.9. The first-order valence-electron chi connectivity index (χ1n) is 7.10. The molecule has 0 aliphatic heterocycles. The zero-order valence-electron chi connectivity index (χ0n) is 12.6. The monoisotopic (exact) mass is 492 g/mol. The molecule has 3 aromatic rings. The van der Waals surface area contributed by atoms with Crippen LogP contribution in [-0.2, 0) is 0 Å². The molecule has 0 aliphatic carbocycles. The number of thioether (sulfide) groups is 1. The zero-order chi connectivity index (χ0) is 17.8.